The Hall–Kier alpha value is -3.99. The quantitative estimate of drug-likeness (QED) is 0.427. The van der Waals surface area contributed by atoms with Gasteiger partial charge in [0.25, 0.3) is 11.5 Å². The van der Waals surface area contributed by atoms with Crippen LogP contribution >= 0.6 is 11.6 Å². The first kappa shape index (κ1) is 23.2. The van der Waals surface area contributed by atoms with Crippen LogP contribution in [0.3, 0.4) is 0 Å². The summed E-state index contributed by atoms with van der Waals surface area (Å²) in [7, 11) is 1.42. The lowest BCUT2D eigenvalue weighted by molar-refractivity contribution is 0.101. The van der Waals surface area contributed by atoms with Crippen molar-refractivity contribution in [2.45, 2.75) is 25.8 Å². The lowest BCUT2D eigenvalue weighted by atomic mass is 9.93. The minimum absolute atomic E-state index is 0.151. The fourth-order valence-corrected chi connectivity index (χ4v) is 4.03. The van der Waals surface area contributed by atoms with Gasteiger partial charge in [0, 0.05) is 29.9 Å². The number of nitrogens with zero attached hydrogens (tertiary/aromatic N) is 5. The van der Waals surface area contributed by atoms with Gasteiger partial charge in [-0.3, -0.25) is 18.8 Å². The summed E-state index contributed by atoms with van der Waals surface area (Å²) in [4.78, 5) is 29.9. The second kappa shape index (κ2) is 9.10. The molecule has 0 saturated carbocycles. The summed E-state index contributed by atoms with van der Waals surface area (Å²) in [5, 5.41) is 21.0. The molecular weight excluding hydrogens is 467 g/mol. The first-order chi connectivity index (χ1) is 16.2. The molecule has 0 aliphatic heterocycles. The van der Waals surface area contributed by atoms with Crippen molar-refractivity contribution in [1.29, 1.82) is 0 Å². The average Bonchev–Trinajstić information content (AvgIpc) is 3.46. The van der Waals surface area contributed by atoms with E-state index in [9.17, 15) is 19.1 Å². The van der Waals surface area contributed by atoms with E-state index in [1.54, 1.807) is 23.9 Å². The lowest BCUT2D eigenvalue weighted by Crippen LogP contribution is -2.31. The third-order valence-electron chi connectivity index (χ3n) is 5.50. The first-order valence-corrected chi connectivity index (χ1v) is 10.5. The monoisotopic (exact) mass is 486 g/mol. The van der Waals surface area contributed by atoms with E-state index in [0.717, 1.165) is 10.3 Å². The predicted molar refractivity (Wildman–Crippen MR) is 121 cm³/mol. The molecule has 3 heterocycles. The molecule has 12 heteroatoms. The van der Waals surface area contributed by atoms with Crippen LogP contribution in [0.25, 0.3) is 0 Å². The van der Waals surface area contributed by atoms with E-state index >= 15 is 0 Å². The van der Waals surface area contributed by atoms with Crippen molar-refractivity contribution in [1.82, 2.24) is 24.5 Å². The Morgan fingerprint density at radius 2 is 2.09 bits per heavy atom. The molecule has 34 heavy (non-hydrogen) atoms. The third-order valence-corrected chi connectivity index (χ3v) is 5.84. The number of halogens is 2. The van der Waals surface area contributed by atoms with Gasteiger partial charge in [0.05, 0.1) is 12.2 Å². The normalized spacial score (nSPS) is 13.0. The molecule has 4 rings (SSSR count). The van der Waals surface area contributed by atoms with Crippen molar-refractivity contribution in [3.8, 4) is 5.75 Å². The first-order valence-electron chi connectivity index (χ1n) is 10.1. The van der Waals surface area contributed by atoms with E-state index in [-0.39, 0.29) is 11.5 Å². The van der Waals surface area contributed by atoms with E-state index in [1.165, 1.54) is 37.7 Å². The highest BCUT2D eigenvalue weighted by molar-refractivity contribution is 6.31. The standard InChI is InChI=1S/C22H20ClFN6O4/c1-11-6-7-25-30(11)18(15-8-13(24)4-5-16(15)23)12(2)20-28-17(19(31)22(33)29(20)3)21(32)27-14-9-26-34-10-14/h4-10,12,18,31H,1-3H3,(H,27,32)/t12-,18+/m0/s1. The largest absolute Gasteiger partial charge is 0.501 e. The number of anilines is 1. The molecule has 0 fully saturated rings. The smallest absolute Gasteiger partial charge is 0.296 e. The molecular formula is C22H20ClFN6O4. The fraction of sp³-hybridized carbons (Fsp3) is 0.227. The zero-order valence-electron chi connectivity index (χ0n) is 18.4. The average molecular weight is 487 g/mol. The summed E-state index contributed by atoms with van der Waals surface area (Å²) in [6, 6.07) is 5.06. The molecule has 176 valence electrons. The van der Waals surface area contributed by atoms with E-state index in [2.05, 4.69) is 25.1 Å². The maximum absolute atomic E-state index is 14.2. The van der Waals surface area contributed by atoms with Gasteiger partial charge in [0.2, 0.25) is 5.75 Å². The van der Waals surface area contributed by atoms with Crippen LogP contribution in [0.15, 0.2) is 52.2 Å². The predicted octanol–water partition coefficient (Wildman–Crippen LogP) is 3.42. The van der Waals surface area contributed by atoms with Crippen LogP contribution in [0.4, 0.5) is 10.1 Å². The summed E-state index contributed by atoms with van der Waals surface area (Å²) in [5.74, 6) is -2.63. The number of hydrogen-bond acceptors (Lipinski definition) is 7. The molecule has 0 spiro atoms. The third kappa shape index (κ3) is 4.17. The Bertz CT molecular complexity index is 1420. The van der Waals surface area contributed by atoms with Crippen LogP contribution in [-0.4, -0.2) is 35.5 Å². The number of aromatic nitrogens is 5. The van der Waals surface area contributed by atoms with Crippen molar-refractivity contribution < 1.29 is 18.8 Å². The van der Waals surface area contributed by atoms with Gasteiger partial charge in [-0.05, 0) is 36.8 Å². The summed E-state index contributed by atoms with van der Waals surface area (Å²) in [6.07, 6.45) is 4.02. The Kier molecular flexibility index (Phi) is 6.20. The topological polar surface area (TPSA) is 128 Å². The number of hydrogen-bond donors (Lipinski definition) is 2. The highest BCUT2D eigenvalue weighted by Gasteiger charge is 2.32. The van der Waals surface area contributed by atoms with E-state index < -0.39 is 40.7 Å². The Labute approximate surface area is 197 Å². The SMILES string of the molecule is Cc1ccnn1[C@@H](c1cc(F)ccc1Cl)[C@H](C)c1nc(C(=O)Nc2cnoc2)c(O)c(=O)n1C. The van der Waals surface area contributed by atoms with Gasteiger partial charge in [0.1, 0.15) is 23.6 Å². The highest BCUT2D eigenvalue weighted by atomic mass is 35.5. The van der Waals surface area contributed by atoms with Crippen molar-refractivity contribution in [3.05, 3.63) is 86.9 Å². The molecule has 10 nitrogen and oxygen atoms in total. The molecule has 0 aliphatic rings. The number of rotatable bonds is 6. The summed E-state index contributed by atoms with van der Waals surface area (Å²) >= 11 is 6.43. The van der Waals surface area contributed by atoms with Gasteiger partial charge in [-0.15, -0.1) is 0 Å². The molecule has 2 atom stereocenters. The number of amides is 1. The van der Waals surface area contributed by atoms with Crippen molar-refractivity contribution in [2.75, 3.05) is 5.32 Å². The molecule has 0 bridgehead atoms. The minimum Gasteiger partial charge on any atom is -0.501 e. The highest BCUT2D eigenvalue weighted by Crippen LogP contribution is 2.37. The molecule has 2 N–H and O–H groups in total. The summed E-state index contributed by atoms with van der Waals surface area (Å²) in [5.41, 5.74) is 0.0872. The van der Waals surface area contributed by atoms with Crippen molar-refractivity contribution in [2.24, 2.45) is 7.05 Å². The molecule has 1 amide bonds. The van der Waals surface area contributed by atoms with Crippen molar-refractivity contribution in [3.63, 3.8) is 0 Å². The van der Waals surface area contributed by atoms with Gasteiger partial charge in [0.15, 0.2) is 5.69 Å². The molecule has 0 saturated heterocycles. The van der Waals surface area contributed by atoms with E-state index in [4.69, 9.17) is 11.6 Å². The van der Waals surface area contributed by atoms with Crippen LogP contribution < -0.4 is 10.9 Å². The number of nitrogens with one attached hydrogen (secondary N) is 1. The van der Waals surface area contributed by atoms with Crippen LogP contribution in [0, 0.1) is 12.7 Å². The molecule has 0 radical (unpaired) electrons. The number of aromatic hydroxyl groups is 1. The number of carbonyl (C=O) groups is 1. The van der Waals surface area contributed by atoms with Gasteiger partial charge >= 0.3 is 0 Å². The zero-order valence-corrected chi connectivity index (χ0v) is 19.1. The van der Waals surface area contributed by atoms with E-state index in [1.807, 2.05) is 6.92 Å². The van der Waals surface area contributed by atoms with Crippen LogP contribution in [0.1, 0.15) is 46.5 Å². The van der Waals surface area contributed by atoms with Gasteiger partial charge in [-0.25, -0.2) is 9.37 Å². The molecule has 0 aliphatic carbocycles. The number of carbonyl (C=O) groups excluding carboxylic acids is 1. The Morgan fingerprint density at radius 1 is 1.32 bits per heavy atom. The van der Waals surface area contributed by atoms with E-state index in [0.29, 0.717) is 10.6 Å². The molecule has 4 aromatic rings. The number of benzene rings is 1. The van der Waals surface area contributed by atoms with Crippen LogP contribution in [0.5, 0.6) is 5.75 Å². The second-order valence-electron chi connectivity index (χ2n) is 7.72. The van der Waals surface area contributed by atoms with Gasteiger partial charge < -0.3 is 14.9 Å². The van der Waals surface area contributed by atoms with Crippen LogP contribution in [0.2, 0.25) is 5.02 Å². The molecule has 3 aromatic heterocycles. The van der Waals surface area contributed by atoms with Gasteiger partial charge in [-0.2, -0.15) is 5.10 Å². The zero-order chi connectivity index (χ0) is 24.6. The summed E-state index contributed by atoms with van der Waals surface area (Å²) < 4.78 is 21.7. The second-order valence-corrected chi connectivity index (χ2v) is 8.12. The maximum atomic E-state index is 14.2. The Balaban J connectivity index is 1.86. The number of aryl methyl sites for hydroxylation is 1. The molecule has 0 unspecified atom stereocenters. The Morgan fingerprint density at radius 3 is 2.74 bits per heavy atom. The van der Waals surface area contributed by atoms with Gasteiger partial charge in [-0.1, -0.05) is 23.7 Å². The fourth-order valence-electron chi connectivity index (χ4n) is 3.80. The van der Waals surface area contributed by atoms with Crippen molar-refractivity contribution >= 4 is 23.2 Å². The minimum atomic E-state index is -0.831. The summed E-state index contributed by atoms with van der Waals surface area (Å²) in [6.45, 7) is 3.56. The molecule has 1 aromatic carbocycles. The van der Waals surface area contributed by atoms with Crippen LogP contribution in [-0.2, 0) is 7.05 Å². The lowest BCUT2D eigenvalue weighted by Gasteiger charge is -2.28. The maximum Gasteiger partial charge on any atom is 0.296 e.